The van der Waals surface area contributed by atoms with Gasteiger partial charge in [0.2, 0.25) is 0 Å². The predicted molar refractivity (Wildman–Crippen MR) is 59.8 cm³/mol. The average Bonchev–Trinajstić information content (AvgIpc) is 2.15. The van der Waals surface area contributed by atoms with Crippen LogP contribution in [0.4, 0.5) is 5.69 Å². The molecule has 0 aliphatic carbocycles. The van der Waals surface area contributed by atoms with E-state index in [-0.39, 0.29) is 0 Å². The molecule has 0 fully saturated rings. The molecule has 0 aliphatic rings. The molecule has 1 nitrogen and oxygen atoms in total. The molecule has 3 heteroatoms. The third-order valence-electron chi connectivity index (χ3n) is 1.52. The Bertz CT molecular complexity index is 267. The molecule has 0 aromatic heterocycles. The van der Waals surface area contributed by atoms with E-state index in [9.17, 15) is 0 Å². The molecular formula is C10H11Cl2N. The molecule has 0 unspecified atom stereocenters. The summed E-state index contributed by atoms with van der Waals surface area (Å²) < 4.78 is 0. The molecule has 0 atom stereocenters. The second kappa shape index (κ2) is 5.90. The van der Waals surface area contributed by atoms with Gasteiger partial charge in [-0.05, 0) is 24.3 Å². The second-order valence-corrected chi connectivity index (χ2v) is 3.26. The lowest BCUT2D eigenvalue weighted by atomic mass is 10.3. The minimum Gasteiger partial charge on any atom is -0.382 e. The van der Waals surface area contributed by atoms with Crippen molar-refractivity contribution in [3.05, 3.63) is 41.4 Å². The summed E-state index contributed by atoms with van der Waals surface area (Å²) in [6.07, 6.45) is 3.89. The van der Waals surface area contributed by atoms with Gasteiger partial charge in [-0.15, -0.1) is 11.6 Å². The molecule has 0 heterocycles. The minimum atomic E-state index is 0.558. The first kappa shape index (κ1) is 10.4. The minimum absolute atomic E-state index is 0.558. The van der Waals surface area contributed by atoms with Gasteiger partial charge in [-0.3, -0.25) is 0 Å². The Morgan fingerprint density at radius 2 is 1.85 bits per heavy atom. The Kier molecular flexibility index (Phi) is 4.73. The first-order valence-electron chi connectivity index (χ1n) is 4.03. The van der Waals surface area contributed by atoms with Crippen LogP contribution in [0.25, 0.3) is 0 Å². The van der Waals surface area contributed by atoms with Crippen LogP contribution in [0.2, 0.25) is 5.02 Å². The summed E-state index contributed by atoms with van der Waals surface area (Å²) in [6.45, 7) is 0.786. The predicted octanol–water partition coefficient (Wildman–Crippen LogP) is 3.55. The van der Waals surface area contributed by atoms with Gasteiger partial charge in [0.1, 0.15) is 0 Å². The van der Waals surface area contributed by atoms with Gasteiger partial charge in [-0.25, -0.2) is 0 Å². The largest absolute Gasteiger partial charge is 0.382 e. The Balaban J connectivity index is 2.37. The van der Waals surface area contributed by atoms with Crippen LogP contribution >= 0.6 is 23.2 Å². The molecule has 1 aromatic rings. The number of alkyl halides is 1. The van der Waals surface area contributed by atoms with Crippen molar-refractivity contribution in [1.82, 2.24) is 0 Å². The zero-order chi connectivity index (χ0) is 9.52. The molecule has 0 aliphatic heterocycles. The highest BCUT2D eigenvalue weighted by molar-refractivity contribution is 6.30. The van der Waals surface area contributed by atoms with E-state index in [1.165, 1.54) is 0 Å². The standard InChI is InChI=1S/C10H11Cl2N/c11-7-1-2-8-13-10-5-3-9(12)4-6-10/h1-6,13H,7-8H2/b2-1+. The van der Waals surface area contributed by atoms with E-state index in [1.807, 2.05) is 36.4 Å². The molecule has 1 rings (SSSR count). The third kappa shape index (κ3) is 4.20. The van der Waals surface area contributed by atoms with Gasteiger partial charge in [-0.2, -0.15) is 0 Å². The fraction of sp³-hybridized carbons (Fsp3) is 0.200. The highest BCUT2D eigenvalue weighted by Crippen LogP contribution is 2.12. The van der Waals surface area contributed by atoms with E-state index >= 15 is 0 Å². The van der Waals surface area contributed by atoms with E-state index < -0.39 is 0 Å². The van der Waals surface area contributed by atoms with Crippen molar-refractivity contribution in [3.63, 3.8) is 0 Å². The quantitative estimate of drug-likeness (QED) is 0.599. The summed E-state index contributed by atoms with van der Waals surface area (Å²) in [7, 11) is 0. The van der Waals surface area contributed by atoms with Gasteiger partial charge >= 0.3 is 0 Å². The molecule has 13 heavy (non-hydrogen) atoms. The first-order valence-corrected chi connectivity index (χ1v) is 4.94. The van der Waals surface area contributed by atoms with E-state index in [0.717, 1.165) is 17.3 Å². The summed E-state index contributed by atoms with van der Waals surface area (Å²) >= 11 is 11.2. The number of hydrogen-bond acceptors (Lipinski definition) is 1. The monoisotopic (exact) mass is 215 g/mol. The van der Waals surface area contributed by atoms with E-state index in [4.69, 9.17) is 23.2 Å². The fourth-order valence-electron chi connectivity index (χ4n) is 0.891. The lowest BCUT2D eigenvalue weighted by molar-refractivity contribution is 1.33. The molecule has 0 spiro atoms. The Hall–Kier alpha value is -0.660. The van der Waals surface area contributed by atoms with Gasteiger partial charge in [-0.1, -0.05) is 23.8 Å². The van der Waals surface area contributed by atoms with Crippen LogP contribution in [0.3, 0.4) is 0 Å². The zero-order valence-electron chi connectivity index (χ0n) is 7.13. The van der Waals surface area contributed by atoms with Crippen molar-refractivity contribution in [1.29, 1.82) is 0 Å². The molecular weight excluding hydrogens is 205 g/mol. The van der Waals surface area contributed by atoms with Gasteiger partial charge in [0, 0.05) is 23.1 Å². The van der Waals surface area contributed by atoms with Crippen molar-refractivity contribution in [2.24, 2.45) is 0 Å². The first-order chi connectivity index (χ1) is 6.33. The lowest BCUT2D eigenvalue weighted by Gasteiger charge is -2.01. The molecule has 70 valence electrons. The van der Waals surface area contributed by atoms with Crippen LogP contribution in [0.1, 0.15) is 0 Å². The average molecular weight is 216 g/mol. The van der Waals surface area contributed by atoms with Crippen molar-refractivity contribution in [2.75, 3.05) is 17.7 Å². The Labute approximate surface area is 88.4 Å². The Morgan fingerprint density at radius 3 is 2.46 bits per heavy atom. The van der Waals surface area contributed by atoms with Crippen molar-refractivity contribution in [2.45, 2.75) is 0 Å². The van der Waals surface area contributed by atoms with E-state index in [2.05, 4.69) is 5.32 Å². The fourth-order valence-corrected chi connectivity index (χ4v) is 1.14. The number of anilines is 1. The third-order valence-corrected chi connectivity index (χ3v) is 1.95. The van der Waals surface area contributed by atoms with Crippen LogP contribution in [0.15, 0.2) is 36.4 Å². The SMILES string of the molecule is ClC/C=C/CNc1ccc(Cl)cc1. The van der Waals surface area contributed by atoms with Gasteiger partial charge in [0.25, 0.3) is 0 Å². The number of benzene rings is 1. The zero-order valence-corrected chi connectivity index (χ0v) is 8.65. The Morgan fingerprint density at radius 1 is 1.15 bits per heavy atom. The number of hydrogen-bond donors (Lipinski definition) is 1. The van der Waals surface area contributed by atoms with Crippen LogP contribution < -0.4 is 5.32 Å². The summed E-state index contributed by atoms with van der Waals surface area (Å²) in [4.78, 5) is 0. The number of halogens is 2. The van der Waals surface area contributed by atoms with Crippen LogP contribution in [0.5, 0.6) is 0 Å². The van der Waals surface area contributed by atoms with Crippen LogP contribution in [-0.4, -0.2) is 12.4 Å². The highest BCUT2D eigenvalue weighted by atomic mass is 35.5. The number of allylic oxidation sites excluding steroid dienone is 1. The maximum absolute atomic E-state index is 5.74. The van der Waals surface area contributed by atoms with E-state index in [0.29, 0.717) is 5.88 Å². The smallest absolute Gasteiger partial charge is 0.0407 e. The van der Waals surface area contributed by atoms with Crippen LogP contribution in [-0.2, 0) is 0 Å². The van der Waals surface area contributed by atoms with E-state index in [1.54, 1.807) is 0 Å². The van der Waals surface area contributed by atoms with Crippen molar-refractivity contribution in [3.8, 4) is 0 Å². The normalized spacial score (nSPS) is 10.6. The molecule has 0 radical (unpaired) electrons. The molecule has 0 saturated heterocycles. The number of rotatable bonds is 4. The molecule has 0 amide bonds. The summed E-state index contributed by atoms with van der Waals surface area (Å²) in [6, 6.07) is 7.60. The molecule has 0 bridgehead atoms. The molecule has 1 N–H and O–H groups in total. The van der Waals surface area contributed by atoms with Gasteiger partial charge < -0.3 is 5.32 Å². The summed E-state index contributed by atoms with van der Waals surface area (Å²) in [5.41, 5.74) is 1.06. The van der Waals surface area contributed by atoms with Gasteiger partial charge in [0.05, 0.1) is 0 Å². The number of nitrogens with one attached hydrogen (secondary N) is 1. The molecule has 0 saturated carbocycles. The molecule has 1 aromatic carbocycles. The summed E-state index contributed by atoms with van der Waals surface area (Å²) in [5.74, 6) is 0.558. The van der Waals surface area contributed by atoms with Gasteiger partial charge in [0.15, 0.2) is 0 Å². The lowest BCUT2D eigenvalue weighted by Crippen LogP contribution is -1.97. The maximum Gasteiger partial charge on any atom is 0.0407 e. The van der Waals surface area contributed by atoms with Crippen molar-refractivity contribution < 1.29 is 0 Å². The van der Waals surface area contributed by atoms with Crippen LogP contribution in [0, 0.1) is 0 Å². The topological polar surface area (TPSA) is 12.0 Å². The maximum atomic E-state index is 5.74. The highest BCUT2D eigenvalue weighted by Gasteiger charge is 1.88. The second-order valence-electron chi connectivity index (χ2n) is 2.51. The van der Waals surface area contributed by atoms with Crippen molar-refractivity contribution >= 4 is 28.9 Å². The summed E-state index contributed by atoms with van der Waals surface area (Å²) in [5, 5.41) is 3.95.